The Hall–Kier alpha value is -7.12. The highest BCUT2D eigenvalue weighted by atomic mass is 16.5. The number of hydrogen-bond acceptors (Lipinski definition) is 11. The fourth-order valence-corrected chi connectivity index (χ4v) is 9.39. The van der Waals surface area contributed by atoms with Gasteiger partial charge in [0.1, 0.15) is 47.1 Å². The van der Waals surface area contributed by atoms with Crippen LogP contribution in [-0.2, 0) is 19.2 Å². The number of nitriles is 2. The van der Waals surface area contributed by atoms with Crippen molar-refractivity contribution in [2.75, 3.05) is 33.9 Å². The number of methoxy groups -OCH3 is 2. The molecule has 4 aliphatic rings. The lowest BCUT2D eigenvalue weighted by molar-refractivity contribution is -0.133. The van der Waals surface area contributed by atoms with Crippen molar-refractivity contribution in [2.24, 2.45) is 17.8 Å². The number of likely N-dealkylation sites (tertiary alicyclic amines) is 1. The van der Waals surface area contributed by atoms with E-state index >= 15 is 0 Å². The first-order chi connectivity index (χ1) is 31.0. The number of nitrogens with zero attached hydrogens (tertiary/aromatic N) is 4. The maximum atomic E-state index is 13.9. The molecule has 8 atom stereocenters. The molecule has 0 radical (unpaired) electrons. The SMILES string of the molecule is COc1cccc2[nH]c(C(=O)NC(CC3CC3N3CC[C@@H](C[C@@H](C#N)NC(=O)[C@@H]4CCCNN4C(=O)c4cc5c(OC)cccc5[nH]4)C3=O)C(=O)NC(C#N)CC3CCNC3=O)cc12. The number of carbonyl (C=O) groups is 6. The van der Waals surface area contributed by atoms with Gasteiger partial charge in [0.25, 0.3) is 11.8 Å². The summed E-state index contributed by atoms with van der Waals surface area (Å²) >= 11 is 0. The van der Waals surface area contributed by atoms with Crippen molar-refractivity contribution in [1.29, 1.82) is 10.5 Å². The second kappa shape index (κ2) is 18.7. The summed E-state index contributed by atoms with van der Waals surface area (Å²) in [6.07, 6.45) is 2.96. The predicted octanol–water partition coefficient (Wildman–Crippen LogP) is 2.13. The molecule has 1 aliphatic carbocycles. The minimum atomic E-state index is -1.07. The summed E-state index contributed by atoms with van der Waals surface area (Å²) in [6, 6.07) is 14.2. The lowest BCUT2D eigenvalue weighted by Gasteiger charge is -2.35. The zero-order chi connectivity index (χ0) is 45.1. The van der Waals surface area contributed by atoms with Crippen LogP contribution in [0.1, 0.15) is 72.3 Å². The normalized spacial score (nSPS) is 23.1. The molecule has 2 aromatic heterocycles. The van der Waals surface area contributed by atoms with E-state index in [2.05, 4.69) is 48.8 Å². The topological polar surface area (TPSA) is 267 Å². The van der Waals surface area contributed by atoms with E-state index in [4.69, 9.17) is 9.47 Å². The second-order valence-corrected chi connectivity index (χ2v) is 16.9. The average Bonchev–Trinajstić information content (AvgIpc) is 3.71. The Morgan fingerprint density at radius 3 is 2.12 bits per heavy atom. The number of aromatic amines is 2. The number of hydrogen-bond donors (Lipinski definition) is 7. The third-order valence-electron chi connectivity index (χ3n) is 12.9. The van der Waals surface area contributed by atoms with Crippen LogP contribution in [0.2, 0.25) is 0 Å². The van der Waals surface area contributed by atoms with Gasteiger partial charge in [0.05, 0.1) is 26.4 Å². The molecule has 19 nitrogen and oxygen atoms in total. The highest BCUT2D eigenvalue weighted by Gasteiger charge is 2.49. The molecule has 334 valence electrons. The number of hydrazine groups is 1. The van der Waals surface area contributed by atoms with Gasteiger partial charge >= 0.3 is 0 Å². The van der Waals surface area contributed by atoms with E-state index in [1.54, 1.807) is 54.5 Å². The Morgan fingerprint density at radius 2 is 1.47 bits per heavy atom. The zero-order valence-electron chi connectivity index (χ0n) is 35.6. The molecule has 2 aromatic carbocycles. The molecule has 0 bridgehead atoms. The van der Waals surface area contributed by atoms with Crippen molar-refractivity contribution in [3.8, 4) is 23.6 Å². The van der Waals surface area contributed by atoms with Gasteiger partial charge in [0.15, 0.2) is 0 Å². The van der Waals surface area contributed by atoms with E-state index in [0.29, 0.717) is 79.7 Å². The molecule has 7 N–H and O–H groups in total. The number of ether oxygens (including phenoxy) is 2. The molecule has 3 aliphatic heterocycles. The van der Waals surface area contributed by atoms with Gasteiger partial charge in [-0.1, -0.05) is 12.1 Å². The third-order valence-corrected chi connectivity index (χ3v) is 12.9. The second-order valence-electron chi connectivity index (χ2n) is 16.9. The van der Waals surface area contributed by atoms with Gasteiger partial charge in [0.2, 0.25) is 23.6 Å². The van der Waals surface area contributed by atoms with E-state index in [-0.39, 0.29) is 54.4 Å². The number of aromatic nitrogens is 2. The minimum Gasteiger partial charge on any atom is -0.496 e. The zero-order valence-corrected chi connectivity index (χ0v) is 35.6. The summed E-state index contributed by atoms with van der Waals surface area (Å²) < 4.78 is 10.9. The van der Waals surface area contributed by atoms with Crippen molar-refractivity contribution in [3.63, 3.8) is 0 Å². The third kappa shape index (κ3) is 9.02. The molecule has 64 heavy (non-hydrogen) atoms. The van der Waals surface area contributed by atoms with Gasteiger partial charge in [0, 0.05) is 59.3 Å². The first-order valence-electron chi connectivity index (χ1n) is 21.7. The van der Waals surface area contributed by atoms with Crippen molar-refractivity contribution in [1.82, 2.24) is 46.6 Å². The Kier molecular flexibility index (Phi) is 12.7. The fourth-order valence-electron chi connectivity index (χ4n) is 9.39. The molecular formula is C45H51N11O8. The lowest BCUT2D eigenvalue weighted by Crippen LogP contribution is -2.59. The maximum absolute atomic E-state index is 13.9. The van der Waals surface area contributed by atoms with Crippen LogP contribution >= 0.6 is 0 Å². The standard InChI is InChI=1S/C45H51N11O8/c1-63-38-9-3-6-31-29(38)20-34(52-31)42(59)54-33(41(58)50-27(22-46)16-24-11-14-48-40(24)57)18-26-19-37(26)55-15-12-25(44(55)61)17-28(23-47)51-43(60)36-8-5-13-49-56(36)45(62)35-21-30-32(53-35)7-4-10-39(30)64-2/h3-4,6-7,9-10,20-21,24-28,33,36-37,49,52-53H,5,8,11-19H2,1-2H3,(H,48,57)(H,50,58)(H,51,60)(H,54,59)/t24?,25-,26?,27?,28-,33?,36-,37?/m0/s1. The molecule has 0 spiro atoms. The summed E-state index contributed by atoms with van der Waals surface area (Å²) in [4.78, 5) is 89.1. The van der Waals surface area contributed by atoms with Gasteiger partial charge in [-0.05, 0) is 93.7 Å². The molecule has 4 fully saturated rings. The van der Waals surface area contributed by atoms with Crippen molar-refractivity contribution >= 4 is 57.2 Å². The molecule has 3 saturated heterocycles. The predicted molar refractivity (Wildman–Crippen MR) is 230 cm³/mol. The molecule has 6 amide bonds. The molecule has 19 heteroatoms. The smallest absolute Gasteiger partial charge is 0.285 e. The highest BCUT2D eigenvalue weighted by Crippen LogP contribution is 2.43. The number of amides is 6. The Balaban J connectivity index is 0.895. The van der Waals surface area contributed by atoms with Crippen LogP contribution in [0.15, 0.2) is 48.5 Å². The van der Waals surface area contributed by atoms with Crippen LogP contribution < -0.4 is 36.2 Å². The van der Waals surface area contributed by atoms with Crippen LogP contribution in [0.3, 0.4) is 0 Å². The Labute approximate surface area is 368 Å². The van der Waals surface area contributed by atoms with Gasteiger partial charge in [-0.15, -0.1) is 0 Å². The monoisotopic (exact) mass is 873 g/mol. The van der Waals surface area contributed by atoms with E-state index in [1.165, 1.54) is 12.1 Å². The number of nitrogens with one attached hydrogen (secondary N) is 7. The van der Waals surface area contributed by atoms with Crippen LogP contribution in [0, 0.1) is 40.4 Å². The van der Waals surface area contributed by atoms with Gasteiger partial charge in [-0.25, -0.2) is 5.43 Å². The van der Waals surface area contributed by atoms with Gasteiger partial charge in [-0.3, -0.25) is 33.8 Å². The van der Waals surface area contributed by atoms with Crippen LogP contribution in [0.4, 0.5) is 0 Å². The van der Waals surface area contributed by atoms with Gasteiger partial charge < -0.3 is 45.6 Å². The number of carbonyl (C=O) groups excluding carboxylic acids is 6. The first-order valence-corrected chi connectivity index (χ1v) is 21.7. The molecule has 5 heterocycles. The summed E-state index contributed by atoms with van der Waals surface area (Å²) in [5, 5.41) is 33.9. The van der Waals surface area contributed by atoms with Gasteiger partial charge in [-0.2, -0.15) is 10.5 Å². The molecular weight excluding hydrogens is 823 g/mol. The summed E-state index contributed by atoms with van der Waals surface area (Å²) in [7, 11) is 3.08. The lowest BCUT2D eigenvalue weighted by atomic mass is 9.98. The van der Waals surface area contributed by atoms with Crippen LogP contribution in [0.25, 0.3) is 21.8 Å². The first kappa shape index (κ1) is 43.5. The summed E-state index contributed by atoms with van der Waals surface area (Å²) in [5.41, 5.74) is 4.88. The van der Waals surface area contributed by atoms with Crippen LogP contribution in [-0.4, -0.2) is 119 Å². The Morgan fingerprint density at radius 1 is 0.812 bits per heavy atom. The highest BCUT2D eigenvalue weighted by molar-refractivity contribution is 6.02. The number of rotatable bonds is 16. The molecule has 8 rings (SSSR count). The fraction of sp³-hybridized carbons (Fsp3) is 0.467. The summed E-state index contributed by atoms with van der Waals surface area (Å²) in [6.45, 7) is 1.40. The quantitative estimate of drug-likeness (QED) is 0.0858. The molecule has 5 unspecified atom stereocenters. The molecule has 1 saturated carbocycles. The largest absolute Gasteiger partial charge is 0.496 e. The number of fused-ring (bicyclic) bond motifs is 2. The van der Waals surface area contributed by atoms with Crippen LogP contribution in [0.5, 0.6) is 11.5 Å². The van der Waals surface area contributed by atoms with E-state index in [1.807, 2.05) is 6.07 Å². The van der Waals surface area contributed by atoms with Crippen molar-refractivity contribution in [3.05, 3.63) is 59.9 Å². The number of H-pyrrole nitrogens is 2. The Bertz CT molecular complexity index is 2560. The average molecular weight is 874 g/mol. The summed E-state index contributed by atoms with van der Waals surface area (Å²) in [5.74, 6) is -2.36. The van der Waals surface area contributed by atoms with Crippen molar-refractivity contribution < 1.29 is 38.2 Å². The minimum absolute atomic E-state index is 0.0792. The van der Waals surface area contributed by atoms with E-state index in [9.17, 15) is 39.3 Å². The molecule has 4 aromatic rings. The number of benzene rings is 2. The van der Waals surface area contributed by atoms with E-state index < -0.39 is 59.6 Å². The van der Waals surface area contributed by atoms with E-state index in [0.717, 1.165) is 5.39 Å². The maximum Gasteiger partial charge on any atom is 0.285 e. The van der Waals surface area contributed by atoms with Crippen molar-refractivity contribution in [2.45, 2.75) is 81.6 Å².